The molecular formula is C21H25N3O2. The van der Waals surface area contributed by atoms with E-state index < -0.39 is 0 Å². The van der Waals surface area contributed by atoms with Gasteiger partial charge in [0.05, 0.1) is 6.61 Å². The molecule has 0 aromatic heterocycles. The molecule has 0 bridgehead atoms. The number of anilines is 1. The number of benzene rings is 2. The van der Waals surface area contributed by atoms with E-state index in [0.717, 1.165) is 50.5 Å². The van der Waals surface area contributed by atoms with Gasteiger partial charge in [-0.1, -0.05) is 30.3 Å². The summed E-state index contributed by atoms with van der Waals surface area (Å²) in [6, 6.07) is 16.0. The second-order valence-corrected chi connectivity index (χ2v) is 7.02. The van der Waals surface area contributed by atoms with E-state index in [-0.39, 0.29) is 6.03 Å². The molecule has 5 nitrogen and oxygen atoms in total. The predicted octanol–water partition coefficient (Wildman–Crippen LogP) is 3.27. The minimum Gasteiger partial charge on any atom is -0.493 e. The van der Waals surface area contributed by atoms with Crippen molar-refractivity contribution in [1.82, 2.24) is 10.2 Å². The molecule has 2 aromatic rings. The van der Waals surface area contributed by atoms with Crippen LogP contribution >= 0.6 is 0 Å². The van der Waals surface area contributed by atoms with Gasteiger partial charge < -0.3 is 20.3 Å². The van der Waals surface area contributed by atoms with Crippen LogP contribution in [0.25, 0.3) is 0 Å². The molecule has 2 aliphatic rings. The largest absolute Gasteiger partial charge is 0.493 e. The molecule has 1 saturated heterocycles. The van der Waals surface area contributed by atoms with E-state index in [1.807, 2.05) is 47.4 Å². The maximum Gasteiger partial charge on any atom is 0.321 e. The van der Waals surface area contributed by atoms with Crippen molar-refractivity contribution in [2.45, 2.75) is 19.4 Å². The summed E-state index contributed by atoms with van der Waals surface area (Å²) in [5, 5.41) is 6.50. The highest BCUT2D eigenvalue weighted by Gasteiger charge is 2.27. The lowest BCUT2D eigenvalue weighted by molar-refractivity contribution is 0.214. The fourth-order valence-corrected chi connectivity index (χ4v) is 3.73. The van der Waals surface area contributed by atoms with Crippen molar-refractivity contribution in [1.29, 1.82) is 0 Å². The molecule has 0 aliphatic carbocycles. The minimum absolute atomic E-state index is 0.000793. The predicted molar refractivity (Wildman–Crippen MR) is 102 cm³/mol. The molecule has 0 spiro atoms. The third kappa shape index (κ3) is 3.83. The molecule has 1 atom stereocenters. The van der Waals surface area contributed by atoms with Crippen LogP contribution in [0.5, 0.6) is 5.75 Å². The van der Waals surface area contributed by atoms with Gasteiger partial charge in [-0.15, -0.1) is 0 Å². The first-order chi connectivity index (χ1) is 12.8. The summed E-state index contributed by atoms with van der Waals surface area (Å²) in [5.74, 6) is 1.27. The Bertz CT molecular complexity index is 763. The monoisotopic (exact) mass is 351 g/mol. The Morgan fingerprint density at radius 1 is 1.19 bits per heavy atom. The Morgan fingerprint density at radius 3 is 2.96 bits per heavy atom. The Morgan fingerprint density at radius 2 is 2.08 bits per heavy atom. The van der Waals surface area contributed by atoms with Crippen LogP contribution in [0.4, 0.5) is 10.5 Å². The van der Waals surface area contributed by atoms with E-state index in [2.05, 4.69) is 16.7 Å². The van der Waals surface area contributed by atoms with Crippen LogP contribution in [-0.2, 0) is 13.0 Å². The van der Waals surface area contributed by atoms with Gasteiger partial charge in [0.2, 0.25) is 0 Å². The fourth-order valence-electron chi connectivity index (χ4n) is 3.73. The number of likely N-dealkylation sites (tertiary alicyclic amines) is 1. The van der Waals surface area contributed by atoms with Gasteiger partial charge in [-0.25, -0.2) is 4.79 Å². The second-order valence-electron chi connectivity index (χ2n) is 7.02. The summed E-state index contributed by atoms with van der Waals surface area (Å²) in [5.41, 5.74) is 3.50. The normalized spacial score (nSPS) is 19.1. The van der Waals surface area contributed by atoms with Gasteiger partial charge in [-0.3, -0.25) is 0 Å². The zero-order valence-electron chi connectivity index (χ0n) is 14.9. The number of nitrogens with zero attached hydrogens (tertiary/aromatic N) is 1. The van der Waals surface area contributed by atoms with Gasteiger partial charge in [0.25, 0.3) is 0 Å². The van der Waals surface area contributed by atoms with Crippen molar-refractivity contribution in [3.8, 4) is 5.75 Å². The maximum absolute atomic E-state index is 12.7. The number of ether oxygens (including phenoxy) is 1. The van der Waals surface area contributed by atoms with E-state index in [0.29, 0.717) is 12.5 Å². The number of amides is 2. The topological polar surface area (TPSA) is 53.6 Å². The highest BCUT2D eigenvalue weighted by Crippen LogP contribution is 2.25. The van der Waals surface area contributed by atoms with Crippen LogP contribution < -0.4 is 15.4 Å². The van der Waals surface area contributed by atoms with Gasteiger partial charge in [-0.2, -0.15) is 0 Å². The highest BCUT2D eigenvalue weighted by molar-refractivity contribution is 5.90. The first-order valence-electron chi connectivity index (χ1n) is 9.35. The van der Waals surface area contributed by atoms with E-state index in [1.165, 1.54) is 11.1 Å². The van der Waals surface area contributed by atoms with Crippen LogP contribution in [0.1, 0.15) is 17.5 Å². The van der Waals surface area contributed by atoms with Gasteiger partial charge in [0.15, 0.2) is 0 Å². The van der Waals surface area contributed by atoms with Crippen molar-refractivity contribution < 1.29 is 9.53 Å². The van der Waals surface area contributed by atoms with E-state index >= 15 is 0 Å². The molecule has 4 rings (SSSR count). The molecule has 1 unspecified atom stereocenters. The van der Waals surface area contributed by atoms with Crippen molar-refractivity contribution in [3.05, 3.63) is 59.7 Å². The lowest BCUT2D eigenvalue weighted by Crippen LogP contribution is -2.34. The summed E-state index contributed by atoms with van der Waals surface area (Å²) < 4.78 is 5.85. The quantitative estimate of drug-likeness (QED) is 0.889. The average molecular weight is 351 g/mol. The first-order valence-corrected chi connectivity index (χ1v) is 9.35. The minimum atomic E-state index is -0.000793. The molecule has 1 fully saturated rings. The lowest BCUT2D eigenvalue weighted by atomic mass is 9.99. The molecule has 2 N–H and O–H groups in total. The summed E-state index contributed by atoms with van der Waals surface area (Å²) >= 11 is 0. The number of para-hydroxylation sites is 1. The van der Waals surface area contributed by atoms with Crippen molar-refractivity contribution in [2.24, 2.45) is 5.92 Å². The third-order valence-corrected chi connectivity index (χ3v) is 5.18. The van der Waals surface area contributed by atoms with Gasteiger partial charge in [0.1, 0.15) is 5.75 Å². The molecule has 0 radical (unpaired) electrons. The third-order valence-electron chi connectivity index (χ3n) is 5.18. The van der Waals surface area contributed by atoms with Crippen molar-refractivity contribution in [3.63, 3.8) is 0 Å². The van der Waals surface area contributed by atoms with Crippen LogP contribution in [0, 0.1) is 5.92 Å². The summed E-state index contributed by atoms with van der Waals surface area (Å²) in [6.45, 7) is 4.02. The SMILES string of the molecule is O=C(Nc1cccc2c1CCNC2)N1CCC(COc2ccccc2)C1. The molecule has 2 aromatic carbocycles. The maximum atomic E-state index is 12.7. The van der Waals surface area contributed by atoms with E-state index in [1.54, 1.807) is 0 Å². The molecule has 136 valence electrons. The summed E-state index contributed by atoms with van der Waals surface area (Å²) in [7, 11) is 0. The molecular weight excluding hydrogens is 326 g/mol. The molecule has 0 saturated carbocycles. The standard InChI is InChI=1S/C21H25N3O2/c25-21(23-20-8-4-5-17-13-22-11-9-19(17)20)24-12-10-16(14-24)15-26-18-6-2-1-3-7-18/h1-8,16,22H,9-15H2,(H,23,25). The molecule has 2 aliphatic heterocycles. The summed E-state index contributed by atoms with van der Waals surface area (Å²) in [6.07, 6.45) is 1.94. The van der Waals surface area contributed by atoms with Crippen LogP contribution in [0.3, 0.4) is 0 Å². The molecule has 5 heteroatoms. The first kappa shape index (κ1) is 16.9. The number of urea groups is 1. The Labute approximate surface area is 154 Å². The smallest absolute Gasteiger partial charge is 0.321 e. The number of hydrogen-bond acceptors (Lipinski definition) is 3. The lowest BCUT2D eigenvalue weighted by Gasteiger charge is -2.23. The highest BCUT2D eigenvalue weighted by atomic mass is 16.5. The van der Waals surface area contributed by atoms with Crippen molar-refractivity contribution >= 4 is 11.7 Å². The number of carbonyl (C=O) groups is 1. The second kappa shape index (κ2) is 7.79. The molecule has 2 heterocycles. The number of nitrogens with one attached hydrogen (secondary N) is 2. The zero-order chi connectivity index (χ0) is 17.8. The molecule has 26 heavy (non-hydrogen) atoms. The Kier molecular flexibility index (Phi) is 5.07. The summed E-state index contributed by atoms with van der Waals surface area (Å²) in [4.78, 5) is 14.6. The van der Waals surface area contributed by atoms with Crippen LogP contribution in [-0.4, -0.2) is 37.2 Å². The number of carbonyl (C=O) groups excluding carboxylic acids is 1. The van der Waals surface area contributed by atoms with Gasteiger partial charge in [-0.05, 0) is 48.7 Å². The zero-order valence-corrected chi connectivity index (χ0v) is 14.9. The van der Waals surface area contributed by atoms with E-state index in [4.69, 9.17) is 4.74 Å². The van der Waals surface area contributed by atoms with E-state index in [9.17, 15) is 4.79 Å². The fraction of sp³-hybridized carbons (Fsp3) is 0.381. The number of fused-ring (bicyclic) bond motifs is 1. The van der Waals surface area contributed by atoms with Crippen LogP contribution in [0.2, 0.25) is 0 Å². The van der Waals surface area contributed by atoms with Gasteiger partial charge >= 0.3 is 6.03 Å². The van der Waals surface area contributed by atoms with Crippen molar-refractivity contribution in [2.75, 3.05) is 31.6 Å². The number of hydrogen-bond donors (Lipinski definition) is 2. The Balaban J connectivity index is 1.32. The Hall–Kier alpha value is -2.53. The van der Waals surface area contributed by atoms with Crippen LogP contribution in [0.15, 0.2) is 48.5 Å². The molecule has 2 amide bonds. The number of rotatable bonds is 4. The average Bonchev–Trinajstić information content (AvgIpc) is 3.17. The van der Waals surface area contributed by atoms with Gasteiger partial charge in [0, 0.05) is 31.2 Å².